The predicted octanol–water partition coefficient (Wildman–Crippen LogP) is 5.25. The number of anilines is 1. The summed E-state index contributed by atoms with van der Waals surface area (Å²) in [6.45, 7) is 1.53. The van der Waals surface area contributed by atoms with Gasteiger partial charge in [0.25, 0.3) is 0 Å². The van der Waals surface area contributed by atoms with Crippen molar-refractivity contribution in [1.82, 2.24) is 0 Å². The maximum atomic E-state index is 12.5. The monoisotopic (exact) mass is 641 g/mol. The van der Waals surface area contributed by atoms with E-state index < -0.39 is 20.2 Å². The molecule has 0 radical (unpaired) electrons. The second-order valence-corrected chi connectivity index (χ2v) is 12.8. The first-order valence-corrected chi connectivity index (χ1v) is 16.7. The fourth-order valence-electron chi connectivity index (χ4n) is 4.38. The molecule has 13 heteroatoms. The molecule has 0 aromatic heterocycles. The molecular weight excluding hydrogens is 610 g/mol. The van der Waals surface area contributed by atoms with Crippen LogP contribution in [0.1, 0.15) is 12.5 Å². The molecule has 11 nitrogen and oxygen atoms in total. The number of carbonyl (C=O) groups excluding carboxylic acids is 1. The molecule has 0 saturated carbocycles. The number of methoxy groups -OCH3 is 2. The third-order valence-corrected chi connectivity index (χ3v) is 7.04. The van der Waals surface area contributed by atoms with E-state index in [1.165, 1.54) is 33.3 Å². The molecule has 4 aromatic carbocycles. The lowest BCUT2D eigenvalue weighted by atomic mass is 9.96. The van der Waals surface area contributed by atoms with Gasteiger partial charge in [0.15, 0.2) is 23.0 Å². The van der Waals surface area contributed by atoms with Crippen LogP contribution >= 0.6 is 0 Å². The summed E-state index contributed by atoms with van der Waals surface area (Å²) in [6.07, 6.45) is 1.78. The lowest BCUT2D eigenvalue weighted by molar-refractivity contribution is -0.114. The Bertz CT molecular complexity index is 1870. The van der Waals surface area contributed by atoms with E-state index in [1.54, 1.807) is 36.4 Å². The standard InChI is InChI=1S/C31H31NO10S2/c1-20(33)32-24-14-11-22(12-15-24)25-18-28(38-2)29(31(30(25)39-3)42-44(5,36)37)23-13-16-26(27(17-23)41-43(4,34)35)40-19-21-9-7-6-8-10-21/h6-18H,19H2,1-5H3,(H,32,33). The minimum atomic E-state index is -4.11. The maximum absolute atomic E-state index is 12.5. The zero-order chi connectivity index (χ0) is 32.1. The van der Waals surface area contributed by atoms with Gasteiger partial charge in [0.05, 0.1) is 32.3 Å². The van der Waals surface area contributed by atoms with Gasteiger partial charge in [0.1, 0.15) is 12.4 Å². The molecule has 4 rings (SSSR count). The van der Waals surface area contributed by atoms with Crippen LogP contribution in [0.4, 0.5) is 5.69 Å². The van der Waals surface area contributed by atoms with Crippen LogP contribution in [0, 0.1) is 0 Å². The van der Waals surface area contributed by atoms with Crippen molar-refractivity contribution in [2.75, 3.05) is 32.0 Å². The molecule has 1 N–H and O–H groups in total. The first kappa shape index (κ1) is 32.2. The first-order valence-electron chi connectivity index (χ1n) is 13.0. The van der Waals surface area contributed by atoms with E-state index in [-0.39, 0.29) is 52.4 Å². The SMILES string of the molecule is COc1cc(-c2ccc(NC(C)=O)cc2)c(OC)c(OS(C)(=O)=O)c1-c1ccc(OCc2ccccc2)c(OS(C)(=O)=O)c1. The van der Waals surface area contributed by atoms with Crippen molar-refractivity contribution in [3.05, 3.63) is 84.4 Å². The van der Waals surface area contributed by atoms with Crippen LogP contribution in [0.2, 0.25) is 0 Å². The van der Waals surface area contributed by atoms with E-state index in [1.807, 2.05) is 30.3 Å². The molecule has 0 unspecified atom stereocenters. The highest BCUT2D eigenvalue weighted by molar-refractivity contribution is 7.86. The van der Waals surface area contributed by atoms with E-state index in [4.69, 9.17) is 22.6 Å². The molecule has 0 atom stereocenters. The molecule has 0 fully saturated rings. The smallest absolute Gasteiger partial charge is 0.306 e. The summed E-state index contributed by atoms with van der Waals surface area (Å²) in [5.74, 6) is -0.179. The minimum Gasteiger partial charge on any atom is -0.496 e. The van der Waals surface area contributed by atoms with Gasteiger partial charge in [-0.15, -0.1) is 0 Å². The highest BCUT2D eigenvalue weighted by Gasteiger charge is 2.27. The Morgan fingerprint density at radius 2 is 1.34 bits per heavy atom. The van der Waals surface area contributed by atoms with Crippen molar-refractivity contribution >= 4 is 31.8 Å². The summed E-state index contributed by atoms with van der Waals surface area (Å²) in [6, 6.07) is 22.1. The Kier molecular flexibility index (Phi) is 9.70. The highest BCUT2D eigenvalue weighted by atomic mass is 32.2. The summed E-state index contributed by atoms with van der Waals surface area (Å²) in [4.78, 5) is 11.5. The van der Waals surface area contributed by atoms with Crippen molar-refractivity contribution < 1.29 is 44.2 Å². The molecule has 0 aliphatic carbocycles. The Balaban J connectivity index is 1.91. The Labute approximate surface area is 256 Å². The fraction of sp³-hybridized carbons (Fsp3) is 0.194. The van der Waals surface area contributed by atoms with Crippen molar-refractivity contribution in [1.29, 1.82) is 0 Å². The Morgan fingerprint density at radius 3 is 1.91 bits per heavy atom. The third-order valence-electron chi connectivity index (χ3n) is 6.09. The number of carbonyl (C=O) groups is 1. The topological polar surface area (TPSA) is 144 Å². The average Bonchev–Trinajstić information content (AvgIpc) is 2.95. The van der Waals surface area contributed by atoms with E-state index in [0.29, 0.717) is 16.8 Å². The molecule has 0 aliphatic heterocycles. The molecular formula is C31H31NO10S2. The summed E-state index contributed by atoms with van der Waals surface area (Å²) in [5.41, 5.74) is 2.88. The number of benzene rings is 4. The van der Waals surface area contributed by atoms with Gasteiger partial charge < -0.3 is 27.9 Å². The van der Waals surface area contributed by atoms with Gasteiger partial charge in [-0.1, -0.05) is 48.5 Å². The quantitative estimate of drug-likeness (QED) is 0.204. The molecule has 0 heterocycles. The zero-order valence-electron chi connectivity index (χ0n) is 24.6. The summed E-state index contributed by atoms with van der Waals surface area (Å²) in [5, 5.41) is 2.69. The van der Waals surface area contributed by atoms with Crippen LogP contribution in [-0.4, -0.2) is 49.5 Å². The molecule has 4 aromatic rings. The van der Waals surface area contributed by atoms with Crippen LogP contribution in [0.25, 0.3) is 22.3 Å². The molecule has 1 amide bonds. The van der Waals surface area contributed by atoms with Crippen molar-refractivity contribution in [3.63, 3.8) is 0 Å². The predicted molar refractivity (Wildman–Crippen MR) is 166 cm³/mol. The van der Waals surface area contributed by atoms with Gasteiger partial charge in [-0.2, -0.15) is 16.8 Å². The average molecular weight is 642 g/mol. The van der Waals surface area contributed by atoms with E-state index in [9.17, 15) is 21.6 Å². The largest absolute Gasteiger partial charge is 0.496 e. The van der Waals surface area contributed by atoms with Crippen molar-refractivity contribution in [2.45, 2.75) is 13.5 Å². The summed E-state index contributed by atoms with van der Waals surface area (Å²) in [7, 11) is -5.35. The van der Waals surface area contributed by atoms with E-state index in [0.717, 1.165) is 18.1 Å². The van der Waals surface area contributed by atoms with Crippen LogP contribution in [0.3, 0.4) is 0 Å². The van der Waals surface area contributed by atoms with Crippen LogP contribution in [0.15, 0.2) is 78.9 Å². The van der Waals surface area contributed by atoms with Crippen LogP contribution in [-0.2, 0) is 31.6 Å². The molecule has 232 valence electrons. The molecule has 0 saturated heterocycles. The van der Waals surface area contributed by atoms with Crippen molar-refractivity contribution in [2.24, 2.45) is 0 Å². The third kappa shape index (κ3) is 8.20. The molecule has 0 aliphatic rings. The lowest BCUT2D eigenvalue weighted by Crippen LogP contribution is -2.10. The van der Waals surface area contributed by atoms with E-state index in [2.05, 4.69) is 5.32 Å². The van der Waals surface area contributed by atoms with Gasteiger partial charge in [0.2, 0.25) is 5.91 Å². The number of amides is 1. The normalized spacial score (nSPS) is 11.4. The fourth-order valence-corrected chi connectivity index (χ4v) is 5.30. The lowest BCUT2D eigenvalue weighted by Gasteiger charge is -2.21. The maximum Gasteiger partial charge on any atom is 0.306 e. The minimum absolute atomic E-state index is 0.0634. The summed E-state index contributed by atoms with van der Waals surface area (Å²) >= 11 is 0. The first-order chi connectivity index (χ1) is 20.8. The van der Waals surface area contributed by atoms with Gasteiger partial charge in [-0.05, 0) is 47.0 Å². The molecule has 0 spiro atoms. The number of rotatable bonds is 12. The second-order valence-electron chi connectivity index (χ2n) is 9.63. The Hall–Kier alpha value is -4.75. The van der Waals surface area contributed by atoms with Gasteiger partial charge in [0, 0.05) is 18.2 Å². The van der Waals surface area contributed by atoms with Crippen molar-refractivity contribution in [3.8, 4) is 51.0 Å². The Morgan fingerprint density at radius 1 is 0.705 bits per heavy atom. The zero-order valence-corrected chi connectivity index (χ0v) is 26.2. The number of ether oxygens (including phenoxy) is 3. The van der Waals surface area contributed by atoms with Crippen LogP contribution in [0.5, 0.6) is 28.7 Å². The molecule has 44 heavy (non-hydrogen) atoms. The van der Waals surface area contributed by atoms with Gasteiger partial charge in [-0.3, -0.25) is 4.79 Å². The van der Waals surface area contributed by atoms with Crippen LogP contribution < -0.4 is 27.9 Å². The van der Waals surface area contributed by atoms with Gasteiger partial charge >= 0.3 is 20.2 Å². The second kappa shape index (κ2) is 13.3. The number of hydrogen-bond donors (Lipinski definition) is 1. The highest BCUT2D eigenvalue weighted by Crippen LogP contribution is 2.51. The number of nitrogens with one attached hydrogen (secondary N) is 1. The molecule has 0 bridgehead atoms. The van der Waals surface area contributed by atoms with E-state index >= 15 is 0 Å². The van der Waals surface area contributed by atoms with Gasteiger partial charge in [-0.25, -0.2) is 0 Å². The number of hydrogen-bond acceptors (Lipinski definition) is 10. The summed E-state index contributed by atoms with van der Waals surface area (Å²) < 4.78 is 77.4.